The van der Waals surface area contributed by atoms with Crippen molar-refractivity contribution in [3.63, 3.8) is 0 Å². The van der Waals surface area contributed by atoms with Crippen LogP contribution in [0.2, 0.25) is 0 Å². The molecule has 0 amide bonds. The summed E-state index contributed by atoms with van der Waals surface area (Å²) in [6.45, 7) is 0.861. The van der Waals surface area contributed by atoms with Crippen molar-refractivity contribution < 1.29 is 17.9 Å². The number of rotatable bonds is 4. The Morgan fingerprint density at radius 1 is 1.25 bits per heavy atom. The summed E-state index contributed by atoms with van der Waals surface area (Å²) in [5.74, 6) is 0.492. The number of ether oxygens (including phenoxy) is 1. The Kier molecular flexibility index (Phi) is 4.96. The third kappa shape index (κ3) is 3.67. The molecule has 2 nitrogen and oxygen atoms in total. The minimum atomic E-state index is -4.40. The normalized spacial score (nSPS) is 23.1. The topological polar surface area (TPSA) is 35.2 Å². The number of hydrogen-bond acceptors (Lipinski definition) is 2. The van der Waals surface area contributed by atoms with Crippen molar-refractivity contribution in [3.8, 4) is 5.75 Å². The summed E-state index contributed by atoms with van der Waals surface area (Å²) in [4.78, 5) is 0. The lowest BCUT2D eigenvalue weighted by molar-refractivity contribution is -0.139. The van der Waals surface area contributed by atoms with Crippen LogP contribution in [0, 0.1) is 11.8 Å². The number of benzene rings is 1. The van der Waals surface area contributed by atoms with Gasteiger partial charge in [0, 0.05) is 4.47 Å². The second kappa shape index (κ2) is 6.35. The summed E-state index contributed by atoms with van der Waals surface area (Å²) in [5.41, 5.74) is 4.94. The number of hydrogen-bond donors (Lipinski definition) is 1. The Morgan fingerprint density at radius 3 is 2.60 bits per heavy atom. The fourth-order valence-corrected chi connectivity index (χ4v) is 3.03. The molecule has 112 valence electrons. The molecule has 2 atom stereocenters. The molecule has 0 radical (unpaired) electrons. The third-order valence-corrected chi connectivity index (χ3v) is 4.31. The lowest BCUT2D eigenvalue weighted by atomic mass is 9.97. The van der Waals surface area contributed by atoms with Crippen molar-refractivity contribution in [2.45, 2.75) is 25.4 Å². The van der Waals surface area contributed by atoms with Gasteiger partial charge in [-0.2, -0.15) is 13.2 Å². The molecule has 2 N–H and O–H groups in total. The van der Waals surface area contributed by atoms with Gasteiger partial charge in [-0.3, -0.25) is 0 Å². The molecule has 20 heavy (non-hydrogen) atoms. The monoisotopic (exact) mass is 351 g/mol. The smallest absolute Gasteiger partial charge is 0.419 e. The number of alkyl halides is 3. The SMILES string of the molecule is NCC1CCCC1COc1cc(Br)ccc1C(F)(F)F. The molecular weight excluding hydrogens is 335 g/mol. The van der Waals surface area contributed by atoms with Crippen LogP contribution in [0.15, 0.2) is 22.7 Å². The van der Waals surface area contributed by atoms with E-state index in [4.69, 9.17) is 10.5 Å². The van der Waals surface area contributed by atoms with E-state index in [1.165, 1.54) is 12.1 Å². The van der Waals surface area contributed by atoms with Crippen molar-refractivity contribution in [1.29, 1.82) is 0 Å². The van der Waals surface area contributed by atoms with Gasteiger partial charge < -0.3 is 10.5 Å². The van der Waals surface area contributed by atoms with E-state index in [0.29, 0.717) is 23.5 Å². The highest BCUT2D eigenvalue weighted by Gasteiger charge is 2.35. The van der Waals surface area contributed by atoms with Gasteiger partial charge >= 0.3 is 6.18 Å². The summed E-state index contributed by atoms with van der Waals surface area (Å²) >= 11 is 3.17. The van der Waals surface area contributed by atoms with E-state index in [2.05, 4.69) is 15.9 Å². The van der Waals surface area contributed by atoms with Gasteiger partial charge in [0.15, 0.2) is 0 Å². The van der Waals surface area contributed by atoms with Crippen molar-refractivity contribution in [3.05, 3.63) is 28.2 Å². The van der Waals surface area contributed by atoms with Gasteiger partial charge in [-0.15, -0.1) is 0 Å². The molecule has 0 saturated heterocycles. The molecule has 1 aliphatic rings. The van der Waals surface area contributed by atoms with Gasteiger partial charge in [0.25, 0.3) is 0 Å². The maximum absolute atomic E-state index is 12.9. The van der Waals surface area contributed by atoms with Crippen LogP contribution in [0.3, 0.4) is 0 Å². The molecule has 0 aliphatic heterocycles. The van der Waals surface area contributed by atoms with Crippen LogP contribution in [0.1, 0.15) is 24.8 Å². The van der Waals surface area contributed by atoms with E-state index in [0.717, 1.165) is 25.3 Å². The van der Waals surface area contributed by atoms with Crippen molar-refractivity contribution in [1.82, 2.24) is 0 Å². The first-order chi connectivity index (χ1) is 9.41. The lowest BCUT2D eigenvalue weighted by Gasteiger charge is -2.20. The first-order valence-corrected chi connectivity index (χ1v) is 7.40. The van der Waals surface area contributed by atoms with Crippen LogP contribution in [-0.2, 0) is 6.18 Å². The largest absolute Gasteiger partial charge is 0.493 e. The highest BCUT2D eigenvalue weighted by molar-refractivity contribution is 9.10. The fraction of sp³-hybridized carbons (Fsp3) is 0.571. The summed E-state index contributed by atoms with van der Waals surface area (Å²) in [6, 6.07) is 3.78. The molecule has 6 heteroatoms. The summed E-state index contributed by atoms with van der Waals surface area (Å²) in [7, 11) is 0. The zero-order valence-corrected chi connectivity index (χ0v) is 12.5. The van der Waals surface area contributed by atoms with E-state index in [1.54, 1.807) is 0 Å². The van der Waals surface area contributed by atoms with Crippen LogP contribution in [0.5, 0.6) is 5.75 Å². The van der Waals surface area contributed by atoms with Crippen LogP contribution in [0.4, 0.5) is 13.2 Å². The average molecular weight is 352 g/mol. The molecule has 1 saturated carbocycles. The van der Waals surface area contributed by atoms with Crippen molar-refractivity contribution >= 4 is 15.9 Å². The van der Waals surface area contributed by atoms with Gasteiger partial charge in [0.05, 0.1) is 12.2 Å². The first-order valence-electron chi connectivity index (χ1n) is 6.61. The molecule has 1 aliphatic carbocycles. The zero-order chi connectivity index (χ0) is 14.8. The van der Waals surface area contributed by atoms with Gasteiger partial charge in [-0.05, 0) is 49.4 Å². The van der Waals surface area contributed by atoms with Gasteiger partial charge in [-0.1, -0.05) is 22.4 Å². The standard InChI is InChI=1S/C14H17BrF3NO/c15-11-4-5-12(14(16,17)18)13(6-11)20-8-10-3-1-2-9(10)7-19/h4-6,9-10H,1-3,7-8,19H2. The predicted molar refractivity (Wildman–Crippen MR) is 74.5 cm³/mol. The molecular formula is C14H17BrF3NO. The van der Waals surface area contributed by atoms with Crippen LogP contribution in [0.25, 0.3) is 0 Å². The second-order valence-electron chi connectivity index (χ2n) is 5.14. The molecule has 0 heterocycles. The quantitative estimate of drug-likeness (QED) is 0.881. The van der Waals surface area contributed by atoms with Crippen LogP contribution in [-0.4, -0.2) is 13.2 Å². The van der Waals surface area contributed by atoms with E-state index in [9.17, 15) is 13.2 Å². The van der Waals surface area contributed by atoms with E-state index < -0.39 is 11.7 Å². The molecule has 1 aromatic rings. The van der Waals surface area contributed by atoms with E-state index in [1.807, 2.05) is 0 Å². The highest BCUT2D eigenvalue weighted by Crippen LogP contribution is 2.39. The number of nitrogens with two attached hydrogens (primary N) is 1. The Bertz CT molecular complexity index is 464. The van der Waals surface area contributed by atoms with Gasteiger partial charge in [0.1, 0.15) is 5.75 Å². The molecule has 0 aromatic heterocycles. The van der Waals surface area contributed by atoms with Crippen LogP contribution >= 0.6 is 15.9 Å². The lowest BCUT2D eigenvalue weighted by Crippen LogP contribution is -2.24. The molecule has 2 rings (SSSR count). The highest BCUT2D eigenvalue weighted by atomic mass is 79.9. The van der Waals surface area contributed by atoms with Gasteiger partial charge in [-0.25, -0.2) is 0 Å². The Hall–Kier alpha value is -0.750. The molecule has 0 spiro atoms. The predicted octanol–water partition coefficient (Wildman–Crippen LogP) is 4.22. The summed E-state index contributed by atoms with van der Waals surface area (Å²) < 4.78 is 44.8. The van der Waals surface area contributed by atoms with E-state index in [-0.39, 0.29) is 11.7 Å². The molecule has 2 unspecified atom stereocenters. The van der Waals surface area contributed by atoms with Crippen LogP contribution < -0.4 is 10.5 Å². The molecule has 1 fully saturated rings. The Morgan fingerprint density at radius 2 is 1.95 bits per heavy atom. The maximum atomic E-state index is 12.9. The molecule has 1 aromatic carbocycles. The summed E-state index contributed by atoms with van der Waals surface area (Å²) in [5, 5.41) is 0. The average Bonchev–Trinajstić information content (AvgIpc) is 2.82. The van der Waals surface area contributed by atoms with Crippen molar-refractivity contribution in [2.75, 3.05) is 13.2 Å². The Labute approximate surface area is 124 Å². The maximum Gasteiger partial charge on any atom is 0.419 e. The number of halogens is 4. The minimum absolute atomic E-state index is 0.116. The molecule has 0 bridgehead atoms. The second-order valence-corrected chi connectivity index (χ2v) is 6.05. The third-order valence-electron chi connectivity index (χ3n) is 3.82. The summed E-state index contributed by atoms with van der Waals surface area (Å²) in [6.07, 6.45) is -1.33. The Balaban J connectivity index is 2.10. The van der Waals surface area contributed by atoms with E-state index >= 15 is 0 Å². The first kappa shape index (κ1) is 15.6. The van der Waals surface area contributed by atoms with Gasteiger partial charge in [0.2, 0.25) is 0 Å². The fourth-order valence-electron chi connectivity index (χ4n) is 2.69. The van der Waals surface area contributed by atoms with Crippen molar-refractivity contribution in [2.24, 2.45) is 17.6 Å². The zero-order valence-electron chi connectivity index (χ0n) is 10.9. The minimum Gasteiger partial charge on any atom is -0.493 e.